The fourth-order valence-corrected chi connectivity index (χ4v) is 8.02. The Hall–Kier alpha value is -0.820. The highest BCUT2D eigenvalue weighted by molar-refractivity contribution is 8.00. The van der Waals surface area contributed by atoms with Gasteiger partial charge in [0.25, 0.3) is 0 Å². The fraction of sp³-hybridized carbons (Fsp3) is 0.550. The van der Waals surface area contributed by atoms with Crippen molar-refractivity contribution in [3.05, 3.63) is 33.3 Å². The van der Waals surface area contributed by atoms with Gasteiger partial charge in [0.2, 0.25) is 11.0 Å². The summed E-state index contributed by atoms with van der Waals surface area (Å²) in [7, 11) is 0. The topological polar surface area (TPSA) is 54.9 Å². The van der Waals surface area contributed by atoms with E-state index in [4.69, 9.17) is 23.2 Å². The molecule has 148 valence electrons. The SMILES string of the molecule is O=C(CSc1cc(Cl)ccc1Cl)Nc1nnc(C23CC4CC(CC(C4)C2)C3)s1. The first-order chi connectivity index (χ1) is 13.5. The number of amides is 1. The Kier molecular flexibility index (Phi) is 5.10. The maximum Gasteiger partial charge on any atom is 0.236 e. The summed E-state index contributed by atoms with van der Waals surface area (Å²) in [5.41, 5.74) is 0.221. The van der Waals surface area contributed by atoms with Gasteiger partial charge in [-0.2, -0.15) is 0 Å². The molecule has 4 aliphatic rings. The van der Waals surface area contributed by atoms with Crippen LogP contribution in [0.5, 0.6) is 0 Å². The zero-order valence-electron chi connectivity index (χ0n) is 15.3. The molecule has 4 bridgehead atoms. The van der Waals surface area contributed by atoms with E-state index in [0.29, 0.717) is 15.2 Å². The molecule has 2 aromatic rings. The number of aromatic nitrogens is 2. The second-order valence-corrected chi connectivity index (χ2v) is 11.4. The molecule has 4 fully saturated rings. The Morgan fingerprint density at radius 1 is 1.14 bits per heavy atom. The molecule has 4 aliphatic carbocycles. The van der Waals surface area contributed by atoms with Crippen molar-refractivity contribution in [2.45, 2.75) is 48.8 Å². The van der Waals surface area contributed by atoms with Crippen molar-refractivity contribution in [3.8, 4) is 0 Å². The van der Waals surface area contributed by atoms with Crippen molar-refractivity contribution in [2.24, 2.45) is 17.8 Å². The predicted octanol–water partition coefficient (Wildman–Crippen LogP) is 6.04. The fourth-order valence-electron chi connectivity index (χ4n) is 5.75. The van der Waals surface area contributed by atoms with Gasteiger partial charge in [-0.05, 0) is 74.5 Å². The Morgan fingerprint density at radius 3 is 2.50 bits per heavy atom. The Balaban J connectivity index is 1.23. The Bertz CT molecular complexity index is 881. The molecule has 1 N–H and O–H groups in total. The standard InChI is InChI=1S/C20H21Cl2N3OS2/c21-14-1-2-15(22)16(6-14)27-10-17(26)23-19-25-24-18(28-19)20-7-11-3-12(8-20)5-13(4-11)9-20/h1-2,6,11-13H,3-5,7-10H2,(H,23,25,26). The zero-order chi connectivity index (χ0) is 19.3. The van der Waals surface area contributed by atoms with Crippen LogP contribution in [0.15, 0.2) is 23.1 Å². The molecule has 0 unspecified atom stereocenters. The lowest BCUT2D eigenvalue weighted by molar-refractivity contribution is -0.113. The molecule has 0 radical (unpaired) electrons. The molecule has 4 nitrogen and oxygen atoms in total. The van der Waals surface area contributed by atoms with E-state index < -0.39 is 0 Å². The van der Waals surface area contributed by atoms with Gasteiger partial charge in [-0.1, -0.05) is 34.5 Å². The summed E-state index contributed by atoms with van der Waals surface area (Å²) in [6, 6.07) is 5.26. The van der Waals surface area contributed by atoms with Gasteiger partial charge in [0.05, 0.1) is 10.8 Å². The maximum absolute atomic E-state index is 12.4. The number of thioether (sulfide) groups is 1. The monoisotopic (exact) mass is 453 g/mol. The van der Waals surface area contributed by atoms with Crippen LogP contribution >= 0.6 is 46.3 Å². The number of anilines is 1. The molecule has 8 heteroatoms. The summed E-state index contributed by atoms with van der Waals surface area (Å²) in [6.45, 7) is 0. The highest BCUT2D eigenvalue weighted by atomic mass is 35.5. The van der Waals surface area contributed by atoms with Crippen molar-refractivity contribution < 1.29 is 4.79 Å². The summed E-state index contributed by atoms with van der Waals surface area (Å²) in [6.07, 6.45) is 7.99. The number of hydrogen-bond donors (Lipinski definition) is 1. The number of benzene rings is 1. The second kappa shape index (κ2) is 7.46. The van der Waals surface area contributed by atoms with Gasteiger partial charge in [0.15, 0.2) is 0 Å². The van der Waals surface area contributed by atoms with E-state index in [-0.39, 0.29) is 17.1 Å². The molecule has 1 amide bonds. The molecular formula is C20H21Cl2N3OS2. The average molecular weight is 454 g/mol. The maximum atomic E-state index is 12.4. The predicted molar refractivity (Wildman–Crippen MR) is 116 cm³/mol. The molecule has 0 spiro atoms. The lowest BCUT2D eigenvalue weighted by atomic mass is 9.50. The zero-order valence-corrected chi connectivity index (χ0v) is 18.4. The van der Waals surface area contributed by atoms with Crippen LogP contribution < -0.4 is 5.32 Å². The van der Waals surface area contributed by atoms with E-state index in [1.165, 1.54) is 50.3 Å². The lowest BCUT2D eigenvalue weighted by Crippen LogP contribution is -2.48. The van der Waals surface area contributed by atoms with Crippen LogP contribution in [0.4, 0.5) is 5.13 Å². The number of carbonyl (C=O) groups excluding carboxylic acids is 1. The first-order valence-electron chi connectivity index (χ1n) is 9.71. The molecule has 4 saturated carbocycles. The van der Waals surface area contributed by atoms with Crippen molar-refractivity contribution in [3.63, 3.8) is 0 Å². The van der Waals surface area contributed by atoms with Crippen molar-refractivity contribution in [1.82, 2.24) is 10.2 Å². The van der Waals surface area contributed by atoms with Crippen LogP contribution in [0.25, 0.3) is 0 Å². The lowest BCUT2D eigenvalue weighted by Gasteiger charge is -2.55. The van der Waals surface area contributed by atoms with E-state index in [0.717, 1.165) is 27.7 Å². The van der Waals surface area contributed by atoms with E-state index in [2.05, 4.69) is 15.5 Å². The van der Waals surface area contributed by atoms with E-state index in [1.54, 1.807) is 29.5 Å². The van der Waals surface area contributed by atoms with Crippen LogP contribution in [0.3, 0.4) is 0 Å². The summed E-state index contributed by atoms with van der Waals surface area (Å²) in [5, 5.41) is 14.6. The molecule has 0 saturated heterocycles. The molecule has 0 aliphatic heterocycles. The van der Waals surface area contributed by atoms with Gasteiger partial charge < -0.3 is 0 Å². The van der Waals surface area contributed by atoms with Crippen LogP contribution in [0.2, 0.25) is 10.0 Å². The number of nitrogens with zero attached hydrogens (tertiary/aromatic N) is 2. The molecule has 0 atom stereocenters. The van der Waals surface area contributed by atoms with Crippen LogP contribution in [0, 0.1) is 17.8 Å². The summed E-state index contributed by atoms with van der Waals surface area (Å²) in [4.78, 5) is 13.2. The number of hydrogen-bond acceptors (Lipinski definition) is 5. The summed E-state index contributed by atoms with van der Waals surface area (Å²) < 4.78 is 0. The van der Waals surface area contributed by atoms with E-state index >= 15 is 0 Å². The normalized spacial score (nSPS) is 30.6. The van der Waals surface area contributed by atoms with E-state index in [1.807, 2.05) is 0 Å². The van der Waals surface area contributed by atoms with Gasteiger partial charge >= 0.3 is 0 Å². The highest BCUT2D eigenvalue weighted by Gasteiger charge is 2.53. The molecular weight excluding hydrogens is 433 g/mol. The van der Waals surface area contributed by atoms with Crippen LogP contribution in [-0.4, -0.2) is 21.9 Å². The molecule has 1 heterocycles. The number of nitrogens with one attached hydrogen (secondary N) is 1. The van der Waals surface area contributed by atoms with E-state index in [9.17, 15) is 4.79 Å². The summed E-state index contributed by atoms with van der Waals surface area (Å²) >= 11 is 15.1. The second-order valence-electron chi connectivity index (χ2n) is 8.52. The minimum Gasteiger partial charge on any atom is -0.300 e. The van der Waals surface area contributed by atoms with Crippen molar-refractivity contribution in [2.75, 3.05) is 11.1 Å². The van der Waals surface area contributed by atoms with Crippen molar-refractivity contribution in [1.29, 1.82) is 0 Å². The first kappa shape index (κ1) is 19.2. The third kappa shape index (κ3) is 3.69. The van der Waals surface area contributed by atoms with Gasteiger partial charge in [-0.15, -0.1) is 22.0 Å². The third-order valence-corrected chi connectivity index (χ3v) is 9.23. The first-order valence-corrected chi connectivity index (χ1v) is 12.3. The van der Waals surface area contributed by atoms with Crippen LogP contribution in [0.1, 0.15) is 43.5 Å². The van der Waals surface area contributed by atoms with Crippen molar-refractivity contribution >= 4 is 57.3 Å². The number of carbonyl (C=O) groups is 1. The Morgan fingerprint density at radius 2 is 1.82 bits per heavy atom. The minimum absolute atomic E-state index is 0.103. The van der Waals surface area contributed by atoms with Gasteiger partial charge in [0, 0.05) is 15.3 Å². The van der Waals surface area contributed by atoms with Gasteiger partial charge in [-0.25, -0.2) is 0 Å². The van der Waals surface area contributed by atoms with Gasteiger partial charge in [0.1, 0.15) is 5.01 Å². The largest absolute Gasteiger partial charge is 0.300 e. The smallest absolute Gasteiger partial charge is 0.236 e. The van der Waals surface area contributed by atoms with Gasteiger partial charge in [-0.3, -0.25) is 10.1 Å². The summed E-state index contributed by atoms with van der Waals surface area (Å²) in [5.74, 6) is 2.76. The average Bonchev–Trinajstić information content (AvgIpc) is 3.11. The highest BCUT2D eigenvalue weighted by Crippen LogP contribution is 2.61. The molecule has 28 heavy (non-hydrogen) atoms. The minimum atomic E-state index is -0.103. The molecule has 1 aromatic carbocycles. The quantitative estimate of drug-likeness (QED) is 0.560. The number of halogens is 2. The molecule has 6 rings (SSSR count). The third-order valence-electron chi connectivity index (χ3n) is 6.42. The van der Waals surface area contributed by atoms with Crippen LogP contribution in [-0.2, 0) is 10.2 Å². The Labute approximate surface area is 182 Å². The molecule has 1 aromatic heterocycles. The number of rotatable bonds is 5.